The minimum absolute atomic E-state index is 0.0766. The first-order valence-corrected chi connectivity index (χ1v) is 6.51. The monoisotopic (exact) mass is 274 g/mol. The zero-order valence-electron chi connectivity index (χ0n) is 11.4. The fourth-order valence-corrected chi connectivity index (χ4v) is 1.79. The molecule has 3 N–H and O–H groups in total. The number of hydrogen-bond donors (Lipinski definition) is 2. The summed E-state index contributed by atoms with van der Waals surface area (Å²) in [6.45, 7) is 2.15. The standard InChI is InChI=1S/C14H18N4O2/c1-10-17-14(20-18-10)8-7-13(19)16-9-12(15)11-5-3-2-4-6-11/h2-6,12H,7-9,15H2,1H3,(H,16,19). The van der Waals surface area contributed by atoms with Gasteiger partial charge in [0.1, 0.15) is 0 Å². The van der Waals surface area contributed by atoms with E-state index in [9.17, 15) is 4.79 Å². The Balaban J connectivity index is 1.72. The Morgan fingerprint density at radius 1 is 1.40 bits per heavy atom. The smallest absolute Gasteiger partial charge is 0.227 e. The van der Waals surface area contributed by atoms with Crippen LogP contribution < -0.4 is 11.1 Å². The molecule has 0 aliphatic rings. The molecule has 1 heterocycles. The summed E-state index contributed by atoms with van der Waals surface area (Å²) in [5.41, 5.74) is 7.00. The normalized spacial score (nSPS) is 12.1. The first-order chi connectivity index (χ1) is 9.65. The molecular weight excluding hydrogens is 256 g/mol. The van der Waals surface area contributed by atoms with Crippen LogP contribution in [-0.2, 0) is 11.2 Å². The second kappa shape index (κ2) is 6.81. The summed E-state index contributed by atoms with van der Waals surface area (Å²) in [5.74, 6) is 0.976. The maximum Gasteiger partial charge on any atom is 0.227 e. The summed E-state index contributed by atoms with van der Waals surface area (Å²) in [5, 5.41) is 6.47. The molecule has 0 radical (unpaired) electrons. The molecule has 0 aliphatic carbocycles. The Morgan fingerprint density at radius 3 is 2.80 bits per heavy atom. The molecule has 0 saturated heterocycles. The van der Waals surface area contributed by atoms with Gasteiger partial charge in [-0.05, 0) is 12.5 Å². The van der Waals surface area contributed by atoms with E-state index in [1.807, 2.05) is 30.3 Å². The number of rotatable bonds is 6. The predicted molar refractivity (Wildman–Crippen MR) is 73.7 cm³/mol. The molecule has 2 aromatic rings. The molecular formula is C14H18N4O2. The van der Waals surface area contributed by atoms with Gasteiger partial charge in [-0.25, -0.2) is 0 Å². The van der Waals surface area contributed by atoms with Crippen LogP contribution in [0.25, 0.3) is 0 Å². The quantitative estimate of drug-likeness (QED) is 0.823. The minimum Gasteiger partial charge on any atom is -0.354 e. The SMILES string of the molecule is Cc1noc(CCC(=O)NCC(N)c2ccccc2)n1. The molecule has 106 valence electrons. The van der Waals surface area contributed by atoms with Gasteiger partial charge >= 0.3 is 0 Å². The molecule has 6 heteroatoms. The molecule has 6 nitrogen and oxygen atoms in total. The number of aromatic nitrogens is 2. The highest BCUT2D eigenvalue weighted by Crippen LogP contribution is 2.08. The molecule has 2 rings (SSSR count). The lowest BCUT2D eigenvalue weighted by Gasteiger charge is -2.12. The fraction of sp³-hybridized carbons (Fsp3) is 0.357. The van der Waals surface area contributed by atoms with Crippen molar-refractivity contribution in [3.05, 3.63) is 47.6 Å². The number of nitrogens with one attached hydrogen (secondary N) is 1. The summed E-state index contributed by atoms with van der Waals surface area (Å²) < 4.78 is 4.94. The molecule has 20 heavy (non-hydrogen) atoms. The third-order valence-corrected chi connectivity index (χ3v) is 2.88. The van der Waals surface area contributed by atoms with Crippen molar-refractivity contribution in [2.45, 2.75) is 25.8 Å². The summed E-state index contributed by atoms with van der Waals surface area (Å²) in [6, 6.07) is 9.46. The van der Waals surface area contributed by atoms with Crippen molar-refractivity contribution < 1.29 is 9.32 Å². The van der Waals surface area contributed by atoms with Crippen LogP contribution in [0.4, 0.5) is 0 Å². The number of hydrogen-bond acceptors (Lipinski definition) is 5. The van der Waals surface area contributed by atoms with E-state index in [4.69, 9.17) is 10.3 Å². The van der Waals surface area contributed by atoms with Crippen LogP contribution in [0.3, 0.4) is 0 Å². The van der Waals surface area contributed by atoms with E-state index >= 15 is 0 Å². The number of nitrogens with zero attached hydrogens (tertiary/aromatic N) is 2. The van der Waals surface area contributed by atoms with Crippen LogP contribution in [0.1, 0.15) is 29.7 Å². The maximum absolute atomic E-state index is 11.7. The second-order valence-corrected chi connectivity index (χ2v) is 4.56. The van der Waals surface area contributed by atoms with Gasteiger partial charge in [-0.2, -0.15) is 4.98 Å². The second-order valence-electron chi connectivity index (χ2n) is 4.56. The van der Waals surface area contributed by atoms with Gasteiger partial charge in [0, 0.05) is 25.4 Å². The Bertz CT molecular complexity index is 553. The molecule has 1 aromatic heterocycles. The van der Waals surface area contributed by atoms with Crippen molar-refractivity contribution in [1.29, 1.82) is 0 Å². The summed E-state index contributed by atoms with van der Waals surface area (Å²) in [6.07, 6.45) is 0.746. The van der Waals surface area contributed by atoms with Gasteiger partial charge in [-0.15, -0.1) is 0 Å². The molecule has 0 aliphatic heterocycles. The van der Waals surface area contributed by atoms with E-state index in [1.54, 1.807) is 6.92 Å². The zero-order chi connectivity index (χ0) is 14.4. The summed E-state index contributed by atoms with van der Waals surface area (Å²) in [4.78, 5) is 15.7. The third-order valence-electron chi connectivity index (χ3n) is 2.88. The summed E-state index contributed by atoms with van der Waals surface area (Å²) in [7, 11) is 0. The minimum atomic E-state index is -0.203. The highest BCUT2D eigenvalue weighted by atomic mass is 16.5. The topological polar surface area (TPSA) is 94.0 Å². The van der Waals surface area contributed by atoms with E-state index in [0.29, 0.717) is 31.1 Å². The van der Waals surface area contributed by atoms with Gasteiger partial charge < -0.3 is 15.6 Å². The fourth-order valence-electron chi connectivity index (χ4n) is 1.79. The van der Waals surface area contributed by atoms with Crippen LogP contribution in [0.5, 0.6) is 0 Å². The average Bonchev–Trinajstić information content (AvgIpc) is 2.89. The predicted octanol–water partition coefficient (Wildman–Crippen LogP) is 1.13. The van der Waals surface area contributed by atoms with E-state index in [0.717, 1.165) is 5.56 Å². The molecule has 0 spiro atoms. The van der Waals surface area contributed by atoms with Crippen molar-refractivity contribution >= 4 is 5.91 Å². The number of carbonyl (C=O) groups excluding carboxylic acids is 1. The average molecular weight is 274 g/mol. The highest BCUT2D eigenvalue weighted by Gasteiger charge is 2.10. The van der Waals surface area contributed by atoms with Crippen molar-refractivity contribution in [2.75, 3.05) is 6.54 Å². The largest absolute Gasteiger partial charge is 0.354 e. The van der Waals surface area contributed by atoms with Crippen molar-refractivity contribution in [1.82, 2.24) is 15.5 Å². The van der Waals surface area contributed by atoms with Gasteiger partial charge in [0.2, 0.25) is 11.8 Å². The van der Waals surface area contributed by atoms with Crippen molar-refractivity contribution in [3.63, 3.8) is 0 Å². The van der Waals surface area contributed by atoms with Crippen molar-refractivity contribution in [2.24, 2.45) is 5.73 Å². The first kappa shape index (κ1) is 14.2. The van der Waals surface area contributed by atoms with Gasteiger partial charge in [0.05, 0.1) is 0 Å². The van der Waals surface area contributed by atoms with E-state index in [2.05, 4.69) is 15.5 Å². The lowest BCUT2D eigenvalue weighted by Crippen LogP contribution is -2.32. The number of carbonyl (C=O) groups is 1. The zero-order valence-corrected chi connectivity index (χ0v) is 11.4. The molecule has 1 aromatic carbocycles. The van der Waals surface area contributed by atoms with Crippen LogP contribution in [0, 0.1) is 6.92 Å². The van der Waals surface area contributed by atoms with E-state index in [1.165, 1.54) is 0 Å². The summed E-state index contributed by atoms with van der Waals surface area (Å²) >= 11 is 0. The Morgan fingerprint density at radius 2 is 2.15 bits per heavy atom. The van der Waals surface area contributed by atoms with E-state index < -0.39 is 0 Å². The van der Waals surface area contributed by atoms with Crippen molar-refractivity contribution in [3.8, 4) is 0 Å². The molecule has 1 amide bonds. The van der Waals surface area contributed by atoms with Crippen LogP contribution in [0.15, 0.2) is 34.9 Å². The van der Waals surface area contributed by atoms with Gasteiger partial charge in [-0.3, -0.25) is 4.79 Å². The Hall–Kier alpha value is -2.21. The highest BCUT2D eigenvalue weighted by molar-refractivity contribution is 5.76. The lowest BCUT2D eigenvalue weighted by molar-refractivity contribution is -0.121. The Labute approximate surface area is 117 Å². The third kappa shape index (κ3) is 4.17. The Kier molecular flexibility index (Phi) is 4.84. The number of benzene rings is 1. The van der Waals surface area contributed by atoms with Crippen LogP contribution in [0.2, 0.25) is 0 Å². The van der Waals surface area contributed by atoms with Gasteiger partial charge in [-0.1, -0.05) is 35.5 Å². The molecule has 0 saturated carbocycles. The molecule has 1 unspecified atom stereocenters. The first-order valence-electron chi connectivity index (χ1n) is 6.51. The van der Waals surface area contributed by atoms with Gasteiger partial charge in [0.15, 0.2) is 5.82 Å². The van der Waals surface area contributed by atoms with Crippen LogP contribution >= 0.6 is 0 Å². The van der Waals surface area contributed by atoms with E-state index in [-0.39, 0.29) is 11.9 Å². The number of aryl methyl sites for hydroxylation is 2. The number of amides is 1. The van der Waals surface area contributed by atoms with Gasteiger partial charge in [0.25, 0.3) is 0 Å². The molecule has 0 bridgehead atoms. The number of nitrogens with two attached hydrogens (primary N) is 1. The maximum atomic E-state index is 11.7. The lowest BCUT2D eigenvalue weighted by atomic mass is 10.1. The van der Waals surface area contributed by atoms with Crippen LogP contribution in [-0.4, -0.2) is 22.6 Å². The molecule has 0 fully saturated rings. The molecule has 1 atom stereocenters.